The maximum Gasteiger partial charge on any atom is 0.317 e. The highest BCUT2D eigenvalue weighted by atomic mass is 35.5. The van der Waals surface area contributed by atoms with Gasteiger partial charge in [-0.2, -0.15) is 0 Å². The van der Waals surface area contributed by atoms with E-state index in [0.717, 1.165) is 45.4 Å². The molecule has 1 heterocycles. The summed E-state index contributed by atoms with van der Waals surface area (Å²) < 4.78 is 0. The first-order valence-electron chi connectivity index (χ1n) is 9.31. The van der Waals surface area contributed by atoms with Crippen molar-refractivity contribution in [1.82, 2.24) is 9.80 Å². The van der Waals surface area contributed by atoms with Crippen LogP contribution in [0.25, 0.3) is 10.8 Å². The van der Waals surface area contributed by atoms with E-state index < -0.39 is 5.97 Å². The van der Waals surface area contributed by atoms with E-state index in [-0.39, 0.29) is 19.0 Å². The Balaban J connectivity index is 0.00000243. The molecule has 0 amide bonds. The summed E-state index contributed by atoms with van der Waals surface area (Å²) in [5.74, 6) is -0.722. The van der Waals surface area contributed by atoms with Crippen LogP contribution in [0.3, 0.4) is 0 Å². The zero-order chi connectivity index (χ0) is 17.6. The van der Waals surface area contributed by atoms with Crippen LogP contribution in [0.4, 0.5) is 0 Å². The summed E-state index contributed by atoms with van der Waals surface area (Å²) in [6.07, 6.45) is 3.21. The van der Waals surface area contributed by atoms with Crippen molar-refractivity contribution in [2.75, 3.05) is 32.7 Å². The molecule has 1 fully saturated rings. The Morgan fingerprint density at radius 1 is 1.15 bits per heavy atom. The van der Waals surface area contributed by atoms with Crippen molar-refractivity contribution in [2.24, 2.45) is 0 Å². The first-order chi connectivity index (χ1) is 12.2. The quantitative estimate of drug-likeness (QED) is 0.800. The zero-order valence-corrected chi connectivity index (χ0v) is 16.3. The van der Waals surface area contributed by atoms with Gasteiger partial charge in [0.25, 0.3) is 0 Å². The SMILES string of the molecule is CCN(CC(=O)O)C1CCN(CCc2ccc3ccccc3c2)CC1.Cl. The molecule has 26 heavy (non-hydrogen) atoms. The lowest BCUT2D eigenvalue weighted by Crippen LogP contribution is -2.46. The van der Waals surface area contributed by atoms with E-state index in [1.54, 1.807) is 0 Å². The predicted octanol–water partition coefficient (Wildman–Crippen LogP) is 3.68. The zero-order valence-electron chi connectivity index (χ0n) is 15.4. The maximum atomic E-state index is 11.0. The Morgan fingerprint density at radius 2 is 1.85 bits per heavy atom. The molecular formula is C21H29ClN2O2. The number of rotatable bonds is 7. The molecule has 0 spiro atoms. The van der Waals surface area contributed by atoms with Crippen LogP contribution in [0.15, 0.2) is 42.5 Å². The van der Waals surface area contributed by atoms with Crippen molar-refractivity contribution in [1.29, 1.82) is 0 Å². The number of fused-ring (bicyclic) bond motifs is 1. The number of nitrogens with zero attached hydrogens (tertiary/aromatic N) is 2. The Morgan fingerprint density at radius 3 is 2.50 bits per heavy atom. The van der Waals surface area contributed by atoms with Crippen LogP contribution in [0.5, 0.6) is 0 Å². The second-order valence-corrected chi connectivity index (χ2v) is 6.96. The Bertz CT molecular complexity index is 714. The molecular weight excluding hydrogens is 348 g/mol. The van der Waals surface area contributed by atoms with Gasteiger partial charge in [0, 0.05) is 12.6 Å². The van der Waals surface area contributed by atoms with Crippen molar-refractivity contribution in [3.8, 4) is 0 Å². The summed E-state index contributed by atoms with van der Waals surface area (Å²) in [7, 11) is 0. The normalized spacial score (nSPS) is 15.9. The minimum atomic E-state index is -0.722. The van der Waals surface area contributed by atoms with Crippen LogP contribution in [0.2, 0.25) is 0 Å². The minimum absolute atomic E-state index is 0. The lowest BCUT2D eigenvalue weighted by molar-refractivity contribution is -0.139. The van der Waals surface area contributed by atoms with E-state index in [2.05, 4.69) is 59.2 Å². The molecule has 1 aliphatic heterocycles. The molecule has 0 atom stereocenters. The monoisotopic (exact) mass is 376 g/mol. The Kier molecular flexibility index (Phi) is 7.88. The van der Waals surface area contributed by atoms with Gasteiger partial charge in [0.1, 0.15) is 0 Å². The first kappa shape index (κ1) is 20.7. The molecule has 1 aliphatic rings. The number of likely N-dealkylation sites (N-methyl/N-ethyl adjacent to an activating group) is 1. The number of hydrogen-bond donors (Lipinski definition) is 1. The average Bonchev–Trinajstić information content (AvgIpc) is 2.64. The van der Waals surface area contributed by atoms with Crippen LogP contribution in [0.1, 0.15) is 25.3 Å². The number of hydrogen-bond acceptors (Lipinski definition) is 3. The van der Waals surface area contributed by atoms with Gasteiger partial charge in [-0.3, -0.25) is 9.69 Å². The van der Waals surface area contributed by atoms with Crippen LogP contribution in [0, 0.1) is 0 Å². The fourth-order valence-corrected chi connectivity index (χ4v) is 3.86. The number of carboxylic acids is 1. The molecule has 0 radical (unpaired) electrons. The largest absolute Gasteiger partial charge is 0.480 e. The van der Waals surface area contributed by atoms with Gasteiger partial charge in [0.15, 0.2) is 0 Å². The van der Waals surface area contributed by atoms with Gasteiger partial charge in [-0.25, -0.2) is 0 Å². The Hall–Kier alpha value is -1.62. The summed E-state index contributed by atoms with van der Waals surface area (Å²) >= 11 is 0. The summed E-state index contributed by atoms with van der Waals surface area (Å²) in [4.78, 5) is 15.6. The second-order valence-electron chi connectivity index (χ2n) is 6.96. The molecule has 2 aromatic carbocycles. The molecule has 1 N–H and O–H groups in total. The van der Waals surface area contributed by atoms with Crippen LogP contribution in [-0.4, -0.2) is 59.6 Å². The molecule has 3 rings (SSSR count). The molecule has 5 heteroatoms. The highest BCUT2D eigenvalue weighted by Gasteiger charge is 2.24. The average molecular weight is 377 g/mol. The highest BCUT2D eigenvalue weighted by molar-refractivity contribution is 5.85. The number of carbonyl (C=O) groups is 1. The van der Waals surface area contributed by atoms with E-state index in [1.807, 2.05) is 0 Å². The third-order valence-electron chi connectivity index (χ3n) is 5.35. The number of halogens is 1. The maximum absolute atomic E-state index is 11.0. The summed E-state index contributed by atoms with van der Waals surface area (Å²) in [6, 6.07) is 15.7. The van der Waals surface area contributed by atoms with Crippen molar-refractivity contribution in [3.05, 3.63) is 48.0 Å². The smallest absolute Gasteiger partial charge is 0.317 e. The molecule has 0 aromatic heterocycles. The third kappa shape index (κ3) is 5.44. The highest BCUT2D eigenvalue weighted by Crippen LogP contribution is 2.19. The summed E-state index contributed by atoms with van der Waals surface area (Å²) in [5, 5.41) is 11.6. The number of piperidine rings is 1. The van der Waals surface area contributed by atoms with Crippen molar-refractivity contribution < 1.29 is 9.90 Å². The molecule has 0 aliphatic carbocycles. The van der Waals surface area contributed by atoms with Gasteiger partial charge in [-0.05, 0) is 55.2 Å². The number of aliphatic carboxylic acids is 1. The van der Waals surface area contributed by atoms with E-state index in [4.69, 9.17) is 5.11 Å². The number of carboxylic acid groups (broad SMARTS) is 1. The van der Waals surface area contributed by atoms with E-state index in [0.29, 0.717) is 6.04 Å². The van der Waals surface area contributed by atoms with Crippen molar-refractivity contribution >= 4 is 29.1 Å². The van der Waals surface area contributed by atoms with Crippen molar-refractivity contribution in [3.63, 3.8) is 0 Å². The third-order valence-corrected chi connectivity index (χ3v) is 5.35. The van der Waals surface area contributed by atoms with Gasteiger partial charge >= 0.3 is 5.97 Å². The topological polar surface area (TPSA) is 43.8 Å². The summed E-state index contributed by atoms with van der Waals surface area (Å²) in [5.41, 5.74) is 1.39. The summed E-state index contributed by atoms with van der Waals surface area (Å²) in [6.45, 7) is 6.24. The fourth-order valence-electron chi connectivity index (χ4n) is 3.86. The number of benzene rings is 2. The molecule has 1 saturated heterocycles. The van der Waals surface area contributed by atoms with Crippen LogP contribution in [-0.2, 0) is 11.2 Å². The van der Waals surface area contributed by atoms with Crippen LogP contribution < -0.4 is 0 Å². The lowest BCUT2D eigenvalue weighted by atomic mass is 10.0. The molecule has 2 aromatic rings. The molecule has 0 unspecified atom stereocenters. The van der Waals surface area contributed by atoms with Gasteiger partial charge in [-0.15, -0.1) is 12.4 Å². The van der Waals surface area contributed by atoms with E-state index in [1.165, 1.54) is 16.3 Å². The minimum Gasteiger partial charge on any atom is -0.480 e. The first-order valence-corrected chi connectivity index (χ1v) is 9.31. The second kappa shape index (κ2) is 9.91. The van der Waals surface area contributed by atoms with Gasteiger partial charge in [0.2, 0.25) is 0 Å². The van der Waals surface area contributed by atoms with E-state index in [9.17, 15) is 4.79 Å². The fraction of sp³-hybridized carbons (Fsp3) is 0.476. The van der Waals surface area contributed by atoms with Gasteiger partial charge < -0.3 is 10.0 Å². The molecule has 142 valence electrons. The van der Waals surface area contributed by atoms with Crippen LogP contribution >= 0.6 is 12.4 Å². The van der Waals surface area contributed by atoms with Gasteiger partial charge in [0.05, 0.1) is 6.54 Å². The lowest BCUT2D eigenvalue weighted by Gasteiger charge is -2.37. The molecule has 0 bridgehead atoms. The standard InChI is InChI=1S/C21H28N2O2.ClH/c1-2-23(16-21(24)25)20-10-13-22(14-11-20)12-9-17-7-8-18-5-3-4-6-19(18)15-17;/h3-8,15,20H,2,9-14,16H2,1H3,(H,24,25);1H. The van der Waals surface area contributed by atoms with E-state index >= 15 is 0 Å². The predicted molar refractivity (Wildman–Crippen MR) is 109 cm³/mol. The molecule has 0 saturated carbocycles. The van der Waals surface area contributed by atoms with Gasteiger partial charge in [-0.1, -0.05) is 49.4 Å². The Labute approximate surface area is 162 Å². The molecule has 4 nitrogen and oxygen atoms in total. The van der Waals surface area contributed by atoms with Crippen molar-refractivity contribution in [2.45, 2.75) is 32.2 Å². The number of likely N-dealkylation sites (tertiary alicyclic amines) is 1.